The summed E-state index contributed by atoms with van der Waals surface area (Å²) >= 11 is 0. The molecular formula is C8H11NO3S. The highest BCUT2D eigenvalue weighted by molar-refractivity contribution is 7.86. The summed E-state index contributed by atoms with van der Waals surface area (Å²) in [5, 5.41) is 0. The summed E-state index contributed by atoms with van der Waals surface area (Å²) in [5.74, 6) is 0.297. The van der Waals surface area contributed by atoms with Crippen LogP contribution >= 0.6 is 0 Å². The van der Waals surface area contributed by atoms with Crippen molar-refractivity contribution in [3.05, 3.63) is 29.8 Å². The first kappa shape index (κ1) is 10.0. The maximum atomic E-state index is 10.7. The van der Waals surface area contributed by atoms with Gasteiger partial charge in [-0.1, -0.05) is 12.1 Å². The molecule has 0 amide bonds. The lowest BCUT2D eigenvalue weighted by Crippen LogP contribution is -2.06. The number of rotatable bonds is 3. The molecule has 0 aromatic heterocycles. The van der Waals surface area contributed by atoms with Crippen LogP contribution in [-0.4, -0.2) is 14.7 Å². The number of benzene rings is 1. The second-order valence-corrected chi connectivity index (χ2v) is 4.21. The lowest BCUT2D eigenvalue weighted by molar-refractivity contribution is 0.492. The molecule has 1 aromatic rings. The Balaban J connectivity index is 2.90. The smallest absolute Gasteiger partial charge is 0.306 e. The Morgan fingerprint density at radius 3 is 2.69 bits per heavy atom. The van der Waals surface area contributed by atoms with Gasteiger partial charge >= 0.3 is 10.1 Å². The van der Waals surface area contributed by atoms with Gasteiger partial charge in [0.25, 0.3) is 0 Å². The van der Waals surface area contributed by atoms with Gasteiger partial charge in [-0.3, -0.25) is 0 Å². The summed E-state index contributed by atoms with van der Waals surface area (Å²) in [6.45, 7) is 0.362. The Morgan fingerprint density at radius 2 is 2.15 bits per heavy atom. The Kier molecular flexibility index (Phi) is 2.90. The van der Waals surface area contributed by atoms with E-state index < -0.39 is 10.1 Å². The zero-order chi connectivity index (χ0) is 9.90. The molecule has 5 heteroatoms. The van der Waals surface area contributed by atoms with E-state index in [0.29, 0.717) is 12.3 Å². The molecule has 0 spiro atoms. The van der Waals surface area contributed by atoms with Crippen molar-refractivity contribution in [1.29, 1.82) is 0 Å². The van der Waals surface area contributed by atoms with Crippen molar-refractivity contribution < 1.29 is 12.6 Å². The first-order chi connectivity index (χ1) is 6.01. The summed E-state index contributed by atoms with van der Waals surface area (Å²) < 4.78 is 26.2. The monoisotopic (exact) mass is 201 g/mol. The van der Waals surface area contributed by atoms with Crippen LogP contribution in [0.1, 0.15) is 5.56 Å². The molecule has 4 nitrogen and oxygen atoms in total. The number of nitrogens with two attached hydrogens (primary N) is 1. The fraction of sp³-hybridized carbons (Fsp3) is 0.250. The predicted molar refractivity (Wildman–Crippen MR) is 49.8 cm³/mol. The van der Waals surface area contributed by atoms with E-state index in [0.717, 1.165) is 11.8 Å². The normalized spacial score (nSPS) is 11.2. The van der Waals surface area contributed by atoms with Crippen LogP contribution < -0.4 is 9.92 Å². The molecule has 0 fully saturated rings. The van der Waals surface area contributed by atoms with Crippen LogP contribution in [0.15, 0.2) is 24.3 Å². The van der Waals surface area contributed by atoms with Crippen LogP contribution in [0.25, 0.3) is 0 Å². The van der Waals surface area contributed by atoms with E-state index in [1.54, 1.807) is 24.3 Å². The standard InChI is InChI=1S/C8H11NO3S/c1-13(10,11)12-8-4-2-3-7(5-8)6-9/h2-5H,6,9H2,1H3. The minimum atomic E-state index is -3.44. The van der Waals surface area contributed by atoms with Gasteiger partial charge < -0.3 is 9.92 Å². The van der Waals surface area contributed by atoms with Crippen molar-refractivity contribution in [2.24, 2.45) is 5.73 Å². The fourth-order valence-corrected chi connectivity index (χ4v) is 1.35. The molecule has 0 radical (unpaired) electrons. The number of hydrogen-bond donors (Lipinski definition) is 1. The molecule has 0 atom stereocenters. The molecule has 0 saturated carbocycles. The molecule has 1 rings (SSSR count). The largest absolute Gasteiger partial charge is 0.383 e. The maximum Gasteiger partial charge on any atom is 0.306 e. The molecular weight excluding hydrogens is 190 g/mol. The Hall–Kier alpha value is -1.07. The van der Waals surface area contributed by atoms with Gasteiger partial charge in [0.1, 0.15) is 5.75 Å². The lowest BCUT2D eigenvalue weighted by atomic mass is 10.2. The van der Waals surface area contributed by atoms with Crippen molar-refractivity contribution in [2.45, 2.75) is 6.54 Å². The first-order valence-corrected chi connectivity index (χ1v) is 5.51. The van der Waals surface area contributed by atoms with Crippen molar-refractivity contribution in [2.75, 3.05) is 6.26 Å². The quantitative estimate of drug-likeness (QED) is 0.722. The van der Waals surface area contributed by atoms with Gasteiger partial charge in [-0.05, 0) is 17.7 Å². The van der Waals surface area contributed by atoms with Crippen LogP contribution in [0.3, 0.4) is 0 Å². The Morgan fingerprint density at radius 1 is 1.46 bits per heavy atom. The topological polar surface area (TPSA) is 69.4 Å². The first-order valence-electron chi connectivity index (χ1n) is 3.70. The van der Waals surface area contributed by atoms with Gasteiger partial charge in [-0.25, -0.2) is 0 Å². The Bertz CT molecular complexity index is 386. The third-order valence-electron chi connectivity index (χ3n) is 1.38. The summed E-state index contributed by atoms with van der Waals surface area (Å²) in [7, 11) is -3.44. The molecule has 72 valence electrons. The summed E-state index contributed by atoms with van der Waals surface area (Å²) in [4.78, 5) is 0. The van der Waals surface area contributed by atoms with Crippen molar-refractivity contribution in [1.82, 2.24) is 0 Å². The molecule has 0 aliphatic heterocycles. The molecule has 0 aliphatic carbocycles. The Labute approximate surface area is 77.4 Å². The fourth-order valence-electron chi connectivity index (χ4n) is 0.899. The van der Waals surface area contributed by atoms with E-state index in [4.69, 9.17) is 5.73 Å². The van der Waals surface area contributed by atoms with Crippen LogP contribution in [-0.2, 0) is 16.7 Å². The van der Waals surface area contributed by atoms with Crippen LogP contribution in [0.5, 0.6) is 5.75 Å². The average Bonchev–Trinajstić information content (AvgIpc) is 2.01. The zero-order valence-corrected chi connectivity index (χ0v) is 8.04. The SMILES string of the molecule is CS(=O)(=O)Oc1cccc(CN)c1. The zero-order valence-electron chi connectivity index (χ0n) is 7.23. The molecule has 2 N–H and O–H groups in total. The highest BCUT2D eigenvalue weighted by Crippen LogP contribution is 2.14. The molecule has 0 bridgehead atoms. The van der Waals surface area contributed by atoms with Crippen LogP contribution in [0, 0.1) is 0 Å². The molecule has 13 heavy (non-hydrogen) atoms. The average molecular weight is 201 g/mol. The highest BCUT2D eigenvalue weighted by atomic mass is 32.2. The summed E-state index contributed by atoms with van der Waals surface area (Å²) in [5.41, 5.74) is 6.21. The van der Waals surface area contributed by atoms with Crippen molar-refractivity contribution in [3.8, 4) is 5.75 Å². The molecule has 0 unspecified atom stereocenters. The molecule has 0 aliphatic rings. The lowest BCUT2D eigenvalue weighted by Gasteiger charge is -2.03. The second kappa shape index (κ2) is 3.76. The van der Waals surface area contributed by atoms with Gasteiger partial charge in [0.2, 0.25) is 0 Å². The van der Waals surface area contributed by atoms with Gasteiger partial charge in [0.15, 0.2) is 0 Å². The third-order valence-corrected chi connectivity index (χ3v) is 1.88. The highest BCUT2D eigenvalue weighted by Gasteiger charge is 2.03. The molecule has 0 saturated heterocycles. The minimum Gasteiger partial charge on any atom is -0.383 e. The van der Waals surface area contributed by atoms with E-state index in [-0.39, 0.29) is 0 Å². The van der Waals surface area contributed by atoms with Gasteiger partial charge in [-0.2, -0.15) is 8.42 Å². The maximum absolute atomic E-state index is 10.7. The van der Waals surface area contributed by atoms with E-state index in [1.807, 2.05) is 0 Å². The minimum absolute atomic E-state index is 0.297. The van der Waals surface area contributed by atoms with Crippen LogP contribution in [0.4, 0.5) is 0 Å². The summed E-state index contributed by atoms with van der Waals surface area (Å²) in [6, 6.07) is 6.67. The van der Waals surface area contributed by atoms with E-state index in [9.17, 15) is 8.42 Å². The van der Waals surface area contributed by atoms with Crippen molar-refractivity contribution in [3.63, 3.8) is 0 Å². The van der Waals surface area contributed by atoms with Gasteiger partial charge in [0.05, 0.1) is 6.26 Å². The predicted octanol–water partition coefficient (Wildman–Crippen LogP) is 0.484. The van der Waals surface area contributed by atoms with E-state index in [1.165, 1.54) is 0 Å². The van der Waals surface area contributed by atoms with E-state index >= 15 is 0 Å². The van der Waals surface area contributed by atoms with E-state index in [2.05, 4.69) is 4.18 Å². The van der Waals surface area contributed by atoms with Gasteiger partial charge in [-0.15, -0.1) is 0 Å². The molecule has 0 heterocycles. The molecule has 1 aromatic carbocycles. The third kappa shape index (κ3) is 3.43. The van der Waals surface area contributed by atoms with Crippen molar-refractivity contribution >= 4 is 10.1 Å². The van der Waals surface area contributed by atoms with Gasteiger partial charge in [0, 0.05) is 6.54 Å². The number of hydrogen-bond acceptors (Lipinski definition) is 4. The second-order valence-electron chi connectivity index (χ2n) is 2.64. The summed E-state index contributed by atoms with van der Waals surface area (Å²) in [6.07, 6.45) is 1.00. The van der Waals surface area contributed by atoms with Crippen LogP contribution in [0.2, 0.25) is 0 Å².